The Morgan fingerprint density at radius 1 is 0.923 bits per heavy atom. The predicted octanol–water partition coefficient (Wildman–Crippen LogP) is 1.41. The highest BCUT2D eigenvalue weighted by Crippen LogP contribution is 2.20. The summed E-state index contributed by atoms with van der Waals surface area (Å²) in [6, 6.07) is 0. The maximum atomic E-state index is 11.6. The van der Waals surface area contributed by atoms with Gasteiger partial charge in [0.15, 0.2) is 0 Å². The first kappa shape index (κ1) is 26.0. The third-order valence-corrected chi connectivity index (χ3v) is 5.67. The van der Waals surface area contributed by atoms with Crippen molar-refractivity contribution in [1.29, 1.82) is 0 Å². The van der Waals surface area contributed by atoms with Crippen LogP contribution in [0.1, 0.15) is 32.6 Å². The molecular weight excluding hydrogens is 372 g/mol. The third kappa shape index (κ3) is 22.0. The molecule has 0 aliphatic carbocycles. The molecular formula is C17H38N4O3S2. The smallest absolute Gasteiger partial charge is 0.246 e. The van der Waals surface area contributed by atoms with Crippen LogP contribution in [0.4, 0.5) is 0 Å². The molecule has 0 fully saturated rings. The van der Waals surface area contributed by atoms with Crippen LogP contribution in [0.3, 0.4) is 0 Å². The second-order valence-corrected chi connectivity index (χ2v) is 8.41. The van der Waals surface area contributed by atoms with E-state index in [1.807, 2.05) is 17.8 Å². The molecule has 0 radical (unpaired) electrons. The molecule has 0 aliphatic rings. The summed E-state index contributed by atoms with van der Waals surface area (Å²) in [7, 11) is 5.56. The highest BCUT2D eigenvalue weighted by atomic mass is 33.1. The molecule has 1 amide bonds. The number of carbonyl (C=O) groups is 1. The summed E-state index contributed by atoms with van der Waals surface area (Å²) in [6.45, 7) is 8.18. The van der Waals surface area contributed by atoms with Crippen LogP contribution in [0.15, 0.2) is 0 Å². The standard InChI is InChI=1S/C17H38N4O3S2/c1-3-7-21-24-13-6-14-25-26-15-11-20-17(22)16-23-12-5-10-19-9-4-8-18-2/h18-19,21H,3-16H2,1-2H3,(H,20,22). The Bertz CT molecular complexity index is 303. The molecule has 7 nitrogen and oxygen atoms in total. The van der Waals surface area contributed by atoms with Gasteiger partial charge in [-0.25, -0.2) is 5.48 Å². The Morgan fingerprint density at radius 2 is 1.73 bits per heavy atom. The van der Waals surface area contributed by atoms with Crippen molar-refractivity contribution < 1.29 is 14.4 Å². The van der Waals surface area contributed by atoms with Crippen molar-refractivity contribution in [3.05, 3.63) is 0 Å². The van der Waals surface area contributed by atoms with Crippen LogP contribution in [-0.2, 0) is 14.4 Å². The fraction of sp³-hybridized carbons (Fsp3) is 0.941. The van der Waals surface area contributed by atoms with Gasteiger partial charge in [0.05, 0.1) is 6.61 Å². The minimum absolute atomic E-state index is 0.0343. The van der Waals surface area contributed by atoms with Gasteiger partial charge in [-0.05, 0) is 52.4 Å². The minimum atomic E-state index is -0.0343. The van der Waals surface area contributed by atoms with E-state index in [9.17, 15) is 4.79 Å². The lowest BCUT2D eigenvalue weighted by molar-refractivity contribution is -0.125. The molecule has 0 bridgehead atoms. The van der Waals surface area contributed by atoms with Gasteiger partial charge >= 0.3 is 0 Å². The molecule has 0 heterocycles. The van der Waals surface area contributed by atoms with Crippen LogP contribution in [0.2, 0.25) is 0 Å². The van der Waals surface area contributed by atoms with Gasteiger partial charge in [-0.3, -0.25) is 4.79 Å². The second-order valence-electron chi connectivity index (χ2n) is 5.70. The van der Waals surface area contributed by atoms with Gasteiger partial charge in [-0.2, -0.15) is 0 Å². The topological polar surface area (TPSA) is 83.7 Å². The average molecular weight is 411 g/mol. The van der Waals surface area contributed by atoms with Crippen molar-refractivity contribution in [2.75, 3.05) is 71.1 Å². The molecule has 0 saturated carbocycles. The van der Waals surface area contributed by atoms with Crippen molar-refractivity contribution in [1.82, 2.24) is 21.4 Å². The highest BCUT2D eigenvalue weighted by Gasteiger charge is 2.00. The van der Waals surface area contributed by atoms with Crippen molar-refractivity contribution in [3.8, 4) is 0 Å². The number of nitrogens with one attached hydrogen (secondary N) is 4. The normalized spacial score (nSPS) is 11.0. The summed E-state index contributed by atoms with van der Waals surface area (Å²) in [4.78, 5) is 16.9. The van der Waals surface area contributed by atoms with E-state index in [0.29, 0.717) is 13.2 Å². The van der Waals surface area contributed by atoms with Crippen LogP contribution in [0, 0.1) is 0 Å². The Morgan fingerprint density at radius 3 is 2.54 bits per heavy atom. The van der Waals surface area contributed by atoms with E-state index in [2.05, 4.69) is 28.4 Å². The SMILES string of the molecule is CCCNOCCCSSCCNC(=O)COCCCNCCCNC. The summed E-state index contributed by atoms with van der Waals surface area (Å²) in [5, 5.41) is 9.34. The number of hydrogen-bond acceptors (Lipinski definition) is 8. The first-order chi connectivity index (χ1) is 12.8. The summed E-state index contributed by atoms with van der Waals surface area (Å²) in [5.41, 5.74) is 2.92. The monoisotopic (exact) mass is 410 g/mol. The molecule has 0 aromatic heterocycles. The van der Waals surface area contributed by atoms with E-state index in [4.69, 9.17) is 9.57 Å². The van der Waals surface area contributed by atoms with Crippen LogP contribution in [0.5, 0.6) is 0 Å². The van der Waals surface area contributed by atoms with Crippen LogP contribution in [-0.4, -0.2) is 77.0 Å². The number of amides is 1. The summed E-state index contributed by atoms with van der Waals surface area (Å²) < 4.78 is 5.38. The molecule has 4 N–H and O–H groups in total. The van der Waals surface area contributed by atoms with Crippen LogP contribution in [0.25, 0.3) is 0 Å². The van der Waals surface area contributed by atoms with Crippen molar-refractivity contribution >= 4 is 27.5 Å². The Balaban J connectivity index is 3.13. The number of ether oxygens (including phenoxy) is 1. The molecule has 0 atom stereocenters. The molecule has 0 spiro atoms. The molecule has 0 aromatic rings. The zero-order valence-electron chi connectivity index (χ0n) is 16.4. The zero-order chi connectivity index (χ0) is 19.1. The van der Waals surface area contributed by atoms with Gasteiger partial charge in [0, 0.05) is 31.2 Å². The summed E-state index contributed by atoms with van der Waals surface area (Å²) >= 11 is 0. The first-order valence-electron chi connectivity index (χ1n) is 9.60. The van der Waals surface area contributed by atoms with Gasteiger partial charge in [0.25, 0.3) is 0 Å². The van der Waals surface area contributed by atoms with Crippen LogP contribution >= 0.6 is 21.6 Å². The third-order valence-electron chi connectivity index (χ3n) is 3.17. The van der Waals surface area contributed by atoms with E-state index < -0.39 is 0 Å². The zero-order valence-corrected chi connectivity index (χ0v) is 18.1. The number of hydrogen-bond donors (Lipinski definition) is 4. The van der Waals surface area contributed by atoms with Crippen molar-refractivity contribution in [2.24, 2.45) is 0 Å². The minimum Gasteiger partial charge on any atom is -0.372 e. The quantitative estimate of drug-likeness (QED) is 0.128. The predicted molar refractivity (Wildman–Crippen MR) is 114 cm³/mol. The van der Waals surface area contributed by atoms with E-state index in [1.165, 1.54) is 0 Å². The molecule has 0 aliphatic heterocycles. The van der Waals surface area contributed by atoms with Gasteiger partial charge in [-0.15, -0.1) is 0 Å². The van der Waals surface area contributed by atoms with Crippen molar-refractivity contribution in [2.45, 2.75) is 32.6 Å². The molecule has 0 aromatic carbocycles. The molecule has 156 valence electrons. The lowest BCUT2D eigenvalue weighted by Gasteiger charge is -2.07. The molecule has 9 heteroatoms. The number of carbonyl (C=O) groups excluding carboxylic acids is 1. The molecule has 0 unspecified atom stereocenters. The fourth-order valence-electron chi connectivity index (χ4n) is 1.82. The second kappa shape index (κ2) is 23.0. The summed E-state index contributed by atoms with van der Waals surface area (Å²) in [6.07, 6.45) is 4.16. The maximum Gasteiger partial charge on any atom is 0.246 e. The van der Waals surface area contributed by atoms with Gasteiger partial charge < -0.3 is 25.5 Å². The maximum absolute atomic E-state index is 11.6. The lowest BCUT2D eigenvalue weighted by atomic mass is 10.4. The van der Waals surface area contributed by atoms with E-state index in [0.717, 1.165) is 70.0 Å². The number of hydroxylamine groups is 1. The summed E-state index contributed by atoms with van der Waals surface area (Å²) in [5.74, 6) is 1.92. The molecule has 0 rings (SSSR count). The molecule has 0 saturated heterocycles. The molecule has 26 heavy (non-hydrogen) atoms. The largest absolute Gasteiger partial charge is 0.372 e. The van der Waals surface area contributed by atoms with Gasteiger partial charge in [0.2, 0.25) is 5.91 Å². The van der Waals surface area contributed by atoms with Gasteiger partial charge in [0.1, 0.15) is 6.61 Å². The van der Waals surface area contributed by atoms with Crippen molar-refractivity contribution in [3.63, 3.8) is 0 Å². The van der Waals surface area contributed by atoms with E-state index in [-0.39, 0.29) is 12.5 Å². The van der Waals surface area contributed by atoms with E-state index in [1.54, 1.807) is 10.8 Å². The van der Waals surface area contributed by atoms with E-state index >= 15 is 0 Å². The first-order valence-corrected chi connectivity index (χ1v) is 12.1. The highest BCUT2D eigenvalue weighted by molar-refractivity contribution is 8.76. The fourth-order valence-corrected chi connectivity index (χ4v) is 3.78. The van der Waals surface area contributed by atoms with Gasteiger partial charge in [-0.1, -0.05) is 28.5 Å². The average Bonchev–Trinajstić information content (AvgIpc) is 2.64. The van der Waals surface area contributed by atoms with Crippen LogP contribution < -0.4 is 21.4 Å². The Labute approximate surface area is 167 Å². The Hall–Kier alpha value is -0.0300. The Kier molecular flexibility index (Phi) is 23.0. The lowest BCUT2D eigenvalue weighted by Crippen LogP contribution is -2.30. The number of rotatable bonds is 21.